The van der Waals surface area contributed by atoms with Crippen LogP contribution in [-0.4, -0.2) is 46.0 Å². The van der Waals surface area contributed by atoms with E-state index in [1.54, 1.807) is 0 Å². The lowest BCUT2D eigenvalue weighted by molar-refractivity contribution is -0.129. The molecule has 3 rings (SSSR count). The first-order valence-corrected chi connectivity index (χ1v) is 6.74. The van der Waals surface area contributed by atoms with E-state index in [0.717, 1.165) is 29.5 Å². The summed E-state index contributed by atoms with van der Waals surface area (Å²) in [7, 11) is 0. The van der Waals surface area contributed by atoms with Crippen molar-refractivity contribution in [2.75, 3.05) is 13.1 Å². The number of carbonyl (C=O) groups excluding carboxylic acids is 2. The summed E-state index contributed by atoms with van der Waals surface area (Å²) in [4.78, 5) is 26.5. The maximum Gasteiger partial charge on any atom is 0.327 e. The van der Waals surface area contributed by atoms with Crippen molar-refractivity contribution in [2.24, 2.45) is 0 Å². The lowest BCUT2D eigenvalue weighted by Crippen LogP contribution is -2.36. The van der Waals surface area contributed by atoms with E-state index in [1.165, 1.54) is 4.90 Å². The number of imide groups is 1. The zero-order valence-corrected chi connectivity index (χ0v) is 11.1. The number of rotatable bonds is 3. The fourth-order valence-corrected chi connectivity index (χ4v) is 2.89. The maximum absolute atomic E-state index is 13.6. The number of hydrogen-bond donors (Lipinski definition) is 1. The van der Waals surface area contributed by atoms with Crippen molar-refractivity contribution in [3.8, 4) is 0 Å². The molecule has 1 aromatic rings. The van der Waals surface area contributed by atoms with Gasteiger partial charge in [-0.05, 0) is 31.0 Å². The van der Waals surface area contributed by atoms with Crippen molar-refractivity contribution < 1.29 is 23.5 Å². The van der Waals surface area contributed by atoms with E-state index in [4.69, 9.17) is 0 Å². The number of carbonyl (C=O) groups is 2. The summed E-state index contributed by atoms with van der Waals surface area (Å²) in [5, 5.41) is 10.0. The molecule has 7 heteroatoms. The Morgan fingerprint density at radius 1 is 1.33 bits per heavy atom. The van der Waals surface area contributed by atoms with E-state index in [1.807, 2.05) is 0 Å². The van der Waals surface area contributed by atoms with Crippen LogP contribution in [0.3, 0.4) is 0 Å². The first kappa shape index (κ1) is 13.9. The highest BCUT2D eigenvalue weighted by Gasteiger charge is 2.47. The van der Waals surface area contributed by atoms with Gasteiger partial charge in [-0.3, -0.25) is 9.69 Å². The van der Waals surface area contributed by atoms with Crippen molar-refractivity contribution in [1.29, 1.82) is 0 Å². The zero-order valence-electron chi connectivity index (χ0n) is 11.1. The molecule has 0 saturated carbocycles. The average molecular weight is 296 g/mol. The monoisotopic (exact) mass is 296 g/mol. The number of halogens is 2. The summed E-state index contributed by atoms with van der Waals surface area (Å²) in [6.45, 7) is 0.140. The summed E-state index contributed by atoms with van der Waals surface area (Å²) in [5.74, 6) is -1.85. The first-order chi connectivity index (χ1) is 9.99. The Kier molecular flexibility index (Phi) is 3.36. The molecule has 2 saturated heterocycles. The highest BCUT2D eigenvalue weighted by atomic mass is 19.1. The Labute approximate surface area is 119 Å². The van der Waals surface area contributed by atoms with E-state index >= 15 is 0 Å². The second-order valence-corrected chi connectivity index (χ2v) is 5.26. The van der Waals surface area contributed by atoms with Crippen LogP contribution in [0, 0.1) is 11.6 Å². The number of urea groups is 1. The number of benzene rings is 1. The fraction of sp³-hybridized carbons (Fsp3) is 0.429. The summed E-state index contributed by atoms with van der Waals surface area (Å²) < 4.78 is 26.7. The molecule has 21 heavy (non-hydrogen) atoms. The van der Waals surface area contributed by atoms with E-state index in [-0.39, 0.29) is 18.0 Å². The quantitative estimate of drug-likeness (QED) is 0.858. The molecule has 2 heterocycles. The minimum atomic E-state index is -1.45. The van der Waals surface area contributed by atoms with Crippen LogP contribution in [0.1, 0.15) is 24.5 Å². The Morgan fingerprint density at radius 2 is 2.10 bits per heavy atom. The predicted octanol–water partition coefficient (Wildman–Crippen LogP) is 1.42. The van der Waals surface area contributed by atoms with Gasteiger partial charge in [0.25, 0.3) is 5.91 Å². The normalized spacial score (nSPS) is 22.9. The topological polar surface area (TPSA) is 60.9 Å². The molecular weight excluding hydrogens is 282 g/mol. The van der Waals surface area contributed by atoms with Gasteiger partial charge in [0.2, 0.25) is 0 Å². The molecule has 2 aliphatic heterocycles. The van der Waals surface area contributed by atoms with Gasteiger partial charge in [-0.25, -0.2) is 13.6 Å². The Hall–Kier alpha value is -2.02. The van der Waals surface area contributed by atoms with Crippen molar-refractivity contribution in [1.82, 2.24) is 9.80 Å². The van der Waals surface area contributed by atoms with Crippen LogP contribution in [0.25, 0.3) is 0 Å². The smallest absolute Gasteiger partial charge is 0.327 e. The fourth-order valence-electron chi connectivity index (χ4n) is 2.89. The van der Waals surface area contributed by atoms with Crippen LogP contribution in [0.4, 0.5) is 13.6 Å². The highest BCUT2D eigenvalue weighted by molar-refractivity contribution is 6.04. The third-order valence-electron chi connectivity index (χ3n) is 3.95. The van der Waals surface area contributed by atoms with Gasteiger partial charge in [0.05, 0.1) is 6.54 Å². The highest BCUT2D eigenvalue weighted by Crippen LogP contribution is 2.29. The van der Waals surface area contributed by atoms with Gasteiger partial charge in [-0.1, -0.05) is 0 Å². The molecule has 0 spiro atoms. The average Bonchev–Trinajstić information content (AvgIpc) is 3.01. The number of fused-ring (bicyclic) bond motifs is 1. The molecule has 5 nitrogen and oxygen atoms in total. The summed E-state index contributed by atoms with van der Waals surface area (Å²) >= 11 is 0. The predicted molar refractivity (Wildman–Crippen MR) is 68.2 cm³/mol. The van der Waals surface area contributed by atoms with E-state index < -0.39 is 29.8 Å². The van der Waals surface area contributed by atoms with Crippen LogP contribution < -0.4 is 0 Å². The maximum atomic E-state index is 13.6. The third kappa shape index (κ3) is 2.27. The van der Waals surface area contributed by atoms with Gasteiger partial charge in [0.1, 0.15) is 23.8 Å². The number of β-amino-alcohol motifs (C(OH)–C–C–N with tert-alkyl or cyclic N) is 1. The van der Waals surface area contributed by atoms with Crippen molar-refractivity contribution in [3.63, 3.8) is 0 Å². The van der Waals surface area contributed by atoms with Gasteiger partial charge in [-0.2, -0.15) is 0 Å². The molecule has 0 radical (unpaired) electrons. The minimum absolute atomic E-state index is 0.261. The molecule has 1 aromatic carbocycles. The molecule has 2 unspecified atom stereocenters. The van der Waals surface area contributed by atoms with Crippen molar-refractivity contribution >= 4 is 11.9 Å². The van der Waals surface area contributed by atoms with Crippen molar-refractivity contribution in [3.05, 3.63) is 35.4 Å². The Bertz CT molecular complexity index is 586. The van der Waals surface area contributed by atoms with Gasteiger partial charge in [-0.15, -0.1) is 0 Å². The van der Waals surface area contributed by atoms with Gasteiger partial charge < -0.3 is 10.0 Å². The van der Waals surface area contributed by atoms with Gasteiger partial charge >= 0.3 is 6.03 Å². The first-order valence-electron chi connectivity index (χ1n) is 6.74. The standard InChI is InChI=1S/C14H14F2N2O3/c15-8-3-4-10(16)9(6-8)12(19)7-18-13(20)11-2-1-5-17(11)14(18)21/h3-4,6,11-12,19H,1-2,5,7H2. The van der Waals surface area contributed by atoms with Crippen LogP contribution in [0.2, 0.25) is 0 Å². The number of aliphatic hydroxyl groups excluding tert-OH is 1. The SMILES string of the molecule is O=C1C2CCCN2C(=O)N1CC(O)c1cc(F)ccc1F. The molecule has 0 aromatic heterocycles. The lowest BCUT2D eigenvalue weighted by atomic mass is 10.1. The number of hydrogen-bond acceptors (Lipinski definition) is 3. The van der Waals surface area contributed by atoms with E-state index in [0.29, 0.717) is 13.0 Å². The number of nitrogens with zero attached hydrogens (tertiary/aromatic N) is 2. The summed E-state index contributed by atoms with van der Waals surface area (Å²) in [6, 6.07) is 1.76. The molecule has 2 fully saturated rings. The molecule has 2 aliphatic rings. The van der Waals surface area contributed by atoms with E-state index in [9.17, 15) is 23.5 Å². The molecule has 0 bridgehead atoms. The number of aliphatic hydroxyl groups is 1. The minimum Gasteiger partial charge on any atom is -0.386 e. The van der Waals surface area contributed by atoms with Crippen LogP contribution in [0.5, 0.6) is 0 Å². The zero-order chi connectivity index (χ0) is 15.1. The second-order valence-electron chi connectivity index (χ2n) is 5.26. The largest absolute Gasteiger partial charge is 0.386 e. The van der Waals surface area contributed by atoms with E-state index in [2.05, 4.69) is 0 Å². The molecule has 1 N–H and O–H groups in total. The Balaban J connectivity index is 1.79. The van der Waals surface area contributed by atoms with Crippen molar-refractivity contribution in [2.45, 2.75) is 25.0 Å². The van der Waals surface area contributed by atoms with Crippen LogP contribution in [0.15, 0.2) is 18.2 Å². The molecular formula is C14H14F2N2O3. The molecule has 0 aliphatic carbocycles. The second kappa shape index (κ2) is 5.07. The molecule has 2 atom stereocenters. The third-order valence-corrected chi connectivity index (χ3v) is 3.95. The van der Waals surface area contributed by atoms with Gasteiger partial charge in [0, 0.05) is 12.1 Å². The lowest BCUT2D eigenvalue weighted by Gasteiger charge is -2.19. The number of amides is 3. The summed E-state index contributed by atoms with van der Waals surface area (Å²) in [5.41, 5.74) is -0.261. The molecule has 3 amide bonds. The summed E-state index contributed by atoms with van der Waals surface area (Å²) in [6.07, 6.45) is -0.0728. The van der Waals surface area contributed by atoms with Crippen LogP contribution >= 0.6 is 0 Å². The van der Waals surface area contributed by atoms with Crippen LogP contribution in [-0.2, 0) is 4.79 Å². The van der Waals surface area contributed by atoms with Gasteiger partial charge in [0.15, 0.2) is 0 Å². The molecule has 112 valence electrons. The Morgan fingerprint density at radius 3 is 2.81 bits per heavy atom.